The van der Waals surface area contributed by atoms with Gasteiger partial charge in [-0.3, -0.25) is 4.98 Å². The van der Waals surface area contributed by atoms with E-state index in [1.165, 1.54) is 6.20 Å². The molecule has 0 aliphatic rings. The monoisotopic (exact) mass is 242 g/mol. The molecule has 0 atom stereocenters. The normalized spacial score (nSPS) is 11.8. The summed E-state index contributed by atoms with van der Waals surface area (Å²) in [7, 11) is 0. The van der Waals surface area contributed by atoms with Gasteiger partial charge in [0.25, 0.3) is 5.92 Å². The lowest BCUT2D eigenvalue weighted by Gasteiger charge is -2.05. The van der Waals surface area contributed by atoms with Crippen molar-refractivity contribution in [3.63, 3.8) is 0 Å². The molecule has 2 heterocycles. The van der Waals surface area contributed by atoms with Crippen LogP contribution >= 0.6 is 0 Å². The Morgan fingerprint density at radius 1 is 1.29 bits per heavy atom. The van der Waals surface area contributed by atoms with Crippen LogP contribution in [-0.2, 0) is 5.92 Å². The molecule has 0 saturated heterocycles. The van der Waals surface area contributed by atoms with Gasteiger partial charge in [-0.2, -0.15) is 13.9 Å². The second kappa shape index (κ2) is 3.76. The van der Waals surface area contributed by atoms with Gasteiger partial charge in [0.05, 0.1) is 18.1 Å². The summed E-state index contributed by atoms with van der Waals surface area (Å²) in [6.07, 6.45) is 2.28. The molecule has 0 saturated carbocycles. The van der Waals surface area contributed by atoms with Crippen LogP contribution in [-0.4, -0.2) is 14.8 Å². The highest BCUT2D eigenvalue weighted by Crippen LogP contribution is 2.28. The van der Waals surface area contributed by atoms with Gasteiger partial charge in [-0.15, -0.1) is 0 Å². The molecule has 2 N–H and O–H groups in total. The lowest BCUT2D eigenvalue weighted by atomic mass is 10.3. The van der Waals surface area contributed by atoms with Crippen LogP contribution in [0, 0.1) is 5.82 Å². The van der Waals surface area contributed by atoms with Crippen LogP contribution in [0.25, 0.3) is 5.69 Å². The maximum absolute atomic E-state index is 13.0. The first kappa shape index (κ1) is 11.4. The summed E-state index contributed by atoms with van der Waals surface area (Å²) >= 11 is 0. The van der Waals surface area contributed by atoms with Gasteiger partial charge < -0.3 is 5.73 Å². The molecule has 0 aromatic carbocycles. The van der Waals surface area contributed by atoms with Crippen LogP contribution in [0.2, 0.25) is 0 Å². The maximum Gasteiger partial charge on any atom is 0.288 e. The first-order valence-electron chi connectivity index (χ1n) is 4.72. The van der Waals surface area contributed by atoms with Crippen LogP contribution < -0.4 is 5.73 Å². The number of pyridine rings is 1. The van der Waals surface area contributed by atoms with E-state index in [9.17, 15) is 13.2 Å². The smallest absolute Gasteiger partial charge is 0.288 e. The molecule has 4 nitrogen and oxygen atoms in total. The third kappa shape index (κ3) is 2.22. The predicted molar refractivity (Wildman–Crippen MR) is 55.3 cm³/mol. The maximum atomic E-state index is 13.0. The molecule has 0 spiro atoms. The van der Waals surface area contributed by atoms with E-state index in [2.05, 4.69) is 10.1 Å². The van der Waals surface area contributed by atoms with Crippen molar-refractivity contribution in [3.05, 3.63) is 36.0 Å². The SMILES string of the molecule is CC(F)(F)c1cc(N)n(-c2cncc(F)c2)n1. The molecule has 2 aromatic heterocycles. The van der Waals surface area contributed by atoms with Crippen LogP contribution in [0.5, 0.6) is 0 Å². The summed E-state index contributed by atoms with van der Waals surface area (Å²) < 4.78 is 40.0. The molecule has 2 rings (SSSR count). The second-order valence-electron chi connectivity index (χ2n) is 3.62. The highest BCUT2D eigenvalue weighted by atomic mass is 19.3. The molecule has 0 fully saturated rings. The van der Waals surface area contributed by atoms with Crippen molar-refractivity contribution in [2.24, 2.45) is 0 Å². The number of alkyl halides is 2. The third-order valence-corrected chi connectivity index (χ3v) is 2.12. The van der Waals surface area contributed by atoms with E-state index in [-0.39, 0.29) is 11.5 Å². The average molecular weight is 242 g/mol. The molecule has 7 heteroatoms. The Kier molecular flexibility index (Phi) is 2.53. The Balaban J connectivity index is 2.50. The molecule has 0 radical (unpaired) electrons. The zero-order valence-electron chi connectivity index (χ0n) is 8.86. The van der Waals surface area contributed by atoms with E-state index < -0.39 is 17.4 Å². The minimum atomic E-state index is -3.10. The Labute approximate surface area is 94.9 Å². The molecular weight excluding hydrogens is 233 g/mol. The first-order chi connectivity index (χ1) is 7.88. The average Bonchev–Trinajstić information content (AvgIpc) is 2.60. The van der Waals surface area contributed by atoms with E-state index in [1.54, 1.807) is 0 Å². The van der Waals surface area contributed by atoms with Gasteiger partial charge in [-0.05, 0) is 0 Å². The molecule has 0 amide bonds. The fraction of sp³-hybridized carbons (Fsp3) is 0.200. The summed E-state index contributed by atoms with van der Waals surface area (Å²) in [6, 6.07) is 2.15. The van der Waals surface area contributed by atoms with Crippen LogP contribution in [0.3, 0.4) is 0 Å². The number of aromatic nitrogens is 3. The lowest BCUT2D eigenvalue weighted by molar-refractivity contribution is 0.0124. The fourth-order valence-electron chi connectivity index (χ4n) is 1.33. The summed E-state index contributed by atoms with van der Waals surface area (Å²) in [4.78, 5) is 3.59. The van der Waals surface area contributed by atoms with Gasteiger partial charge >= 0.3 is 0 Å². The van der Waals surface area contributed by atoms with Crippen molar-refractivity contribution in [2.75, 3.05) is 5.73 Å². The number of nitrogen functional groups attached to an aromatic ring is 1. The summed E-state index contributed by atoms with van der Waals surface area (Å²) in [5.41, 5.74) is 5.26. The Morgan fingerprint density at radius 3 is 2.53 bits per heavy atom. The zero-order valence-corrected chi connectivity index (χ0v) is 8.86. The van der Waals surface area contributed by atoms with Gasteiger partial charge in [-0.1, -0.05) is 0 Å². The summed E-state index contributed by atoms with van der Waals surface area (Å²) in [5.74, 6) is -3.70. The summed E-state index contributed by atoms with van der Waals surface area (Å²) in [6.45, 7) is 0.711. The number of hydrogen-bond donors (Lipinski definition) is 1. The third-order valence-electron chi connectivity index (χ3n) is 2.12. The van der Waals surface area contributed by atoms with E-state index in [0.29, 0.717) is 6.92 Å². The highest BCUT2D eigenvalue weighted by molar-refractivity contribution is 5.42. The summed E-state index contributed by atoms with van der Waals surface area (Å²) in [5, 5.41) is 3.63. The van der Waals surface area contributed by atoms with Crippen molar-refractivity contribution in [2.45, 2.75) is 12.8 Å². The number of hydrogen-bond acceptors (Lipinski definition) is 3. The van der Waals surface area contributed by atoms with Crippen LogP contribution in [0.15, 0.2) is 24.5 Å². The molecule has 2 aromatic rings. The standard InChI is InChI=1S/C10H9F3N4/c1-10(12,13)8-3-9(14)17(16-8)7-2-6(11)4-15-5-7/h2-5H,14H2,1H3. The van der Waals surface area contributed by atoms with Crippen molar-refractivity contribution in [3.8, 4) is 5.69 Å². The number of rotatable bonds is 2. The molecule has 0 aliphatic carbocycles. The Bertz CT molecular complexity index is 545. The zero-order chi connectivity index (χ0) is 12.6. The molecule has 17 heavy (non-hydrogen) atoms. The first-order valence-corrected chi connectivity index (χ1v) is 4.72. The Morgan fingerprint density at radius 2 is 2.00 bits per heavy atom. The van der Waals surface area contributed by atoms with Crippen molar-refractivity contribution < 1.29 is 13.2 Å². The van der Waals surface area contributed by atoms with Crippen LogP contribution in [0.1, 0.15) is 12.6 Å². The van der Waals surface area contributed by atoms with Gasteiger partial charge in [0.1, 0.15) is 17.3 Å². The minimum Gasteiger partial charge on any atom is -0.384 e. The quantitative estimate of drug-likeness (QED) is 0.877. The number of halogens is 3. The molecular formula is C10H9F3N4. The van der Waals surface area contributed by atoms with Crippen molar-refractivity contribution >= 4 is 5.82 Å². The largest absolute Gasteiger partial charge is 0.384 e. The topological polar surface area (TPSA) is 56.7 Å². The van der Waals surface area contributed by atoms with E-state index in [4.69, 9.17) is 5.73 Å². The minimum absolute atomic E-state index is 0.00562. The van der Waals surface area contributed by atoms with E-state index in [1.807, 2.05) is 0 Å². The van der Waals surface area contributed by atoms with E-state index >= 15 is 0 Å². The molecule has 0 bridgehead atoms. The Hall–Kier alpha value is -2.05. The van der Waals surface area contributed by atoms with Crippen molar-refractivity contribution in [1.82, 2.24) is 14.8 Å². The number of nitrogens with two attached hydrogens (primary N) is 1. The number of nitrogens with zero attached hydrogens (tertiary/aromatic N) is 3. The molecule has 0 aliphatic heterocycles. The predicted octanol–water partition coefficient (Wildman–Crippen LogP) is 2.10. The molecule has 90 valence electrons. The lowest BCUT2D eigenvalue weighted by Crippen LogP contribution is -2.09. The van der Waals surface area contributed by atoms with Gasteiger partial charge in [0.2, 0.25) is 0 Å². The highest BCUT2D eigenvalue weighted by Gasteiger charge is 2.29. The fourth-order valence-corrected chi connectivity index (χ4v) is 1.33. The molecule has 0 unspecified atom stereocenters. The second-order valence-corrected chi connectivity index (χ2v) is 3.62. The van der Waals surface area contributed by atoms with E-state index in [0.717, 1.165) is 23.0 Å². The van der Waals surface area contributed by atoms with Gasteiger partial charge in [0.15, 0.2) is 0 Å². The van der Waals surface area contributed by atoms with Crippen molar-refractivity contribution in [1.29, 1.82) is 0 Å². The van der Waals surface area contributed by atoms with Gasteiger partial charge in [0, 0.05) is 19.1 Å². The van der Waals surface area contributed by atoms with Gasteiger partial charge in [-0.25, -0.2) is 9.07 Å². The number of anilines is 1. The van der Waals surface area contributed by atoms with Crippen LogP contribution in [0.4, 0.5) is 19.0 Å².